The third-order valence-electron chi connectivity index (χ3n) is 2.68. The Hall–Kier alpha value is -0.610. The molecule has 0 aliphatic rings. The minimum Gasteiger partial charge on any atom is -0.368 e. The standard InChI is InChI=1S/C9H21N3O/c1-7(12(4)5)6-9(2,11-3)8(10)13/h7,11H,6H2,1-5H3,(H2,10,13). The van der Waals surface area contributed by atoms with Crippen LogP contribution in [0.4, 0.5) is 0 Å². The largest absolute Gasteiger partial charge is 0.368 e. The zero-order valence-corrected chi connectivity index (χ0v) is 9.22. The molecule has 78 valence electrons. The molecule has 4 nitrogen and oxygen atoms in total. The van der Waals surface area contributed by atoms with E-state index >= 15 is 0 Å². The third kappa shape index (κ3) is 3.32. The maximum atomic E-state index is 11.2. The van der Waals surface area contributed by atoms with Crippen LogP contribution >= 0.6 is 0 Å². The highest BCUT2D eigenvalue weighted by atomic mass is 16.1. The van der Waals surface area contributed by atoms with Gasteiger partial charge in [-0.25, -0.2) is 0 Å². The van der Waals surface area contributed by atoms with Crippen LogP contribution in [-0.2, 0) is 4.79 Å². The highest BCUT2D eigenvalue weighted by Gasteiger charge is 2.31. The predicted octanol–water partition coefficient (Wildman–Crippen LogP) is -0.210. The van der Waals surface area contributed by atoms with Gasteiger partial charge in [0.2, 0.25) is 5.91 Å². The van der Waals surface area contributed by atoms with Gasteiger partial charge in [-0.15, -0.1) is 0 Å². The van der Waals surface area contributed by atoms with E-state index in [2.05, 4.69) is 17.1 Å². The average molecular weight is 187 g/mol. The van der Waals surface area contributed by atoms with E-state index in [1.165, 1.54) is 0 Å². The van der Waals surface area contributed by atoms with Crippen LogP contribution < -0.4 is 11.1 Å². The zero-order valence-electron chi connectivity index (χ0n) is 9.22. The van der Waals surface area contributed by atoms with E-state index < -0.39 is 5.54 Å². The van der Waals surface area contributed by atoms with Crippen LogP contribution in [0.3, 0.4) is 0 Å². The van der Waals surface area contributed by atoms with Gasteiger partial charge in [-0.2, -0.15) is 0 Å². The summed E-state index contributed by atoms with van der Waals surface area (Å²) in [6.07, 6.45) is 0.714. The Morgan fingerprint density at radius 2 is 2.08 bits per heavy atom. The van der Waals surface area contributed by atoms with Crippen molar-refractivity contribution in [3.63, 3.8) is 0 Å². The summed E-state index contributed by atoms with van der Waals surface area (Å²) in [5, 5.41) is 2.96. The van der Waals surface area contributed by atoms with Gasteiger partial charge in [0.25, 0.3) is 0 Å². The summed E-state index contributed by atoms with van der Waals surface area (Å²) in [6, 6.07) is 0.324. The van der Waals surface area contributed by atoms with Crippen molar-refractivity contribution < 1.29 is 4.79 Å². The summed E-state index contributed by atoms with van der Waals surface area (Å²) in [7, 11) is 5.73. The van der Waals surface area contributed by atoms with Crippen molar-refractivity contribution in [3.05, 3.63) is 0 Å². The van der Waals surface area contributed by atoms with Crippen molar-refractivity contribution >= 4 is 5.91 Å². The van der Waals surface area contributed by atoms with Gasteiger partial charge >= 0.3 is 0 Å². The molecule has 0 aliphatic carbocycles. The summed E-state index contributed by atoms with van der Waals surface area (Å²) < 4.78 is 0. The van der Waals surface area contributed by atoms with E-state index in [0.29, 0.717) is 12.5 Å². The van der Waals surface area contributed by atoms with E-state index in [9.17, 15) is 4.79 Å². The van der Waals surface area contributed by atoms with Gasteiger partial charge in [0.05, 0.1) is 5.54 Å². The fourth-order valence-electron chi connectivity index (χ4n) is 1.10. The van der Waals surface area contributed by atoms with Crippen LogP contribution in [0, 0.1) is 0 Å². The Morgan fingerprint density at radius 3 is 2.31 bits per heavy atom. The van der Waals surface area contributed by atoms with Crippen molar-refractivity contribution in [2.75, 3.05) is 21.1 Å². The second-order valence-electron chi connectivity index (χ2n) is 3.96. The molecule has 0 radical (unpaired) electrons. The quantitative estimate of drug-likeness (QED) is 0.626. The van der Waals surface area contributed by atoms with Crippen molar-refractivity contribution in [1.82, 2.24) is 10.2 Å². The number of amides is 1. The van der Waals surface area contributed by atoms with Crippen molar-refractivity contribution in [2.45, 2.75) is 31.8 Å². The maximum absolute atomic E-state index is 11.2. The van der Waals surface area contributed by atoms with Gasteiger partial charge in [0, 0.05) is 6.04 Å². The summed E-state index contributed by atoms with van der Waals surface area (Å²) >= 11 is 0. The molecule has 2 unspecified atom stereocenters. The lowest BCUT2D eigenvalue weighted by molar-refractivity contribution is -0.124. The minimum atomic E-state index is -0.607. The normalized spacial score (nSPS) is 18.3. The molecule has 3 N–H and O–H groups in total. The van der Waals surface area contributed by atoms with Crippen LogP contribution in [0.1, 0.15) is 20.3 Å². The zero-order chi connectivity index (χ0) is 10.6. The smallest absolute Gasteiger partial charge is 0.237 e. The number of nitrogens with one attached hydrogen (secondary N) is 1. The second kappa shape index (κ2) is 4.58. The topological polar surface area (TPSA) is 58.4 Å². The first-order valence-electron chi connectivity index (χ1n) is 4.48. The molecule has 0 saturated carbocycles. The average Bonchev–Trinajstić information content (AvgIpc) is 2.03. The van der Waals surface area contributed by atoms with Crippen molar-refractivity contribution in [1.29, 1.82) is 0 Å². The molecule has 2 atom stereocenters. The number of hydrogen-bond donors (Lipinski definition) is 2. The first kappa shape index (κ1) is 12.4. The monoisotopic (exact) mass is 187 g/mol. The first-order valence-corrected chi connectivity index (χ1v) is 4.48. The van der Waals surface area contributed by atoms with E-state index in [1.54, 1.807) is 7.05 Å². The fourth-order valence-corrected chi connectivity index (χ4v) is 1.10. The number of primary amides is 1. The number of nitrogens with zero attached hydrogens (tertiary/aromatic N) is 1. The molecule has 4 heteroatoms. The van der Waals surface area contributed by atoms with Crippen LogP contribution in [0.25, 0.3) is 0 Å². The molecule has 0 rings (SSSR count). The summed E-state index contributed by atoms with van der Waals surface area (Å²) in [5.74, 6) is -0.302. The summed E-state index contributed by atoms with van der Waals surface area (Å²) in [5.41, 5.74) is 4.70. The summed E-state index contributed by atoms with van der Waals surface area (Å²) in [4.78, 5) is 13.2. The van der Waals surface area contributed by atoms with Crippen LogP contribution in [0.5, 0.6) is 0 Å². The summed E-state index contributed by atoms with van der Waals surface area (Å²) in [6.45, 7) is 3.90. The molecular formula is C9H21N3O. The van der Waals surface area contributed by atoms with E-state index in [-0.39, 0.29) is 5.91 Å². The van der Waals surface area contributed by atoms with Gasteiger partial charge in [-0.05, 0) is 41.4 Å². The molecule has 0 spiro atoms. The van der Waals surface area contributed by atoms with Gasteiger partial charge in [-0.1, -0.05) is 0 Å². The highest BCUT2D eigenvalue weighted by Crippen LogP contribution is 2.13. The number of carbonyl (C=O) groups is 1. The van der Waals surface area contributed by atoms with E-state index in [4.69, 9.17) is 5.73 Å². The lowest BCUT2D eigenvalue weighted by atomic mass is 9.92. The number of carbonyl (C=O) groups excluding carboxylic acids is 1. The molecule has 13 heavy (non-hydrogen) atoms. The lowest BCUT2D eigenvalue weighted by Gasteiger charge is -2.31. The van der Waals surface area contributed by atoms with E-state index in [1.807, 2.05) is 21.0 Å². The highest BCUT2D eigenvalue weighted by molar-refractivity contribution is 5.84. The first-order chi connectivity index (χ1) is 5.83. The number of likely N-dealkylation sites (N-methyl/N-ethyl adjacent to an activating group) is 1. The molecule has 0 fully saturated rings. The molecule has 0 heterocycles. The van der Waals surface area contributed by atoms with Crippen molar-refractivity contribution in [3.8, 4) is 0 Å². The van der Waals surface area contributed by atoms with Crippen LogP contribution in [0.2, 0.25) is 0 Å². The Balaban J connectivity index is 4.36. The molecular weight excluding hydrogens is 166 g/mol. The Morgan fingerprint density at radius 1 is 1.62 bits per heavy atom. The van der Waals surface area contributed by atoms with Crippen LogP contribution in [-0.4, -0.2) is 43.5 Å². The molecule has 0 aromatic carbocycles. The fraction of sp³-hybridized carbons (Fsp3) is 0.889. The number of hydrogen-bond acceptors (Lipinski definition) is 3. The maximum Gasteiger partial charge on any atom is 0.237 e. The number of rotatable bonds is 5. The predicted molar refractivity (Wildman–Crippen MR) is 54.4 cm³/mol. The molecule has 1 amide bonds. The molecule has 0 saturated heterocycles. The van der Waals surface area contributed by atoms with Gasteiger partial charge < -0.3 is 16.0 Å². The SMILES string of the molecule is CNC(C)(CC(C)N(C)C)C(N)=O. The molecule has 0 bridgehead atoms. The second-order valence-corrected chi connectivity index (χ2v) is 3.96. The van der Waals surface area contributed by atoms with Gasteiger partial charge in [0.15, 0.2) is 0 Å². The van der Waals surface area contributed by atoms with Crippen molar-refractivity contribution in [2.24, 2.45) is 5.73 Å². The molecule has 0 aliphatic heterocycles. The van der Waals surface area contributed by atoms with Crippen LogP contribution in [0.15, 0.2) is 0 Å². The Bertz CT molecular complexity index is 182. The molecule has 0 aromatic heterocycles. The minimum absolute atomic E-state index is 0.302. The Labute approximate surface area is 80.5 Å². The van der Waals surface area contributed by atoms with E-state index in [0.717, 1.165) is 0 Å². The third-order valence-corrected chi connectivity index (χ3v) is 2.68. The lowest BCUT2D eigenvalue weighted by Crippen LogP contribution is -2.54. The molecule has 0 aromatic rings. The van der Waals surface area contributed by atoms with Gasteiger partial charge in [0.1, 0.15) is 0 Å². The number of nitrogens with two attached hydrogens (primary N) is 1. The van der Waals surface area contributed by atoms with Gasteiger partial charge in [-0.3, -0.25) is 4.79 Å². The Kier molecular flexibility index (Phi) is 4.36.